The summed E-state index contributed by atoms with van der Waals surface area (Å²) in [7, 11) is 0. The van der Waals surface area contributed by atoms with Gasteiger partial charge in [-0.15, -0.1) is 0 Å². The number of aromatic nitrogens is 2. The number of hydrogen-bond acceptors (Lipinski definition) is 4. The summed E-state index contributed by atoms with van der Waals surface area (Å²) in [4.78, 5) is 3.93. The third-order valence-electron chi connectivity index (χ3n) is 2.90. The Labute approximate surface area is 94.3 Å². The average Bonchev–Trinajstić information content (AvgIpc) is 2.72. The van der Waals surface area contributed by atoms with Gasteiger partial charge in [0.1, 0.15) is 12.1 Å². The molecule has 0 radical (unpaired) electrons. The molecule has 1 aliphatic heterocycles. The molecule has 1 N–H and O–H groups in total. The molecule has 1 unspecified atom stereocenters. The minimum atomic E-state index is 0.228. The molecule has 5 heteroatoms. The second-order valence-corrected chi connectivity index (χ2v) is 4.03. The second kappa shape index (κ2) is 4.78. The van der Waals surface area contributed by atoms with E-state index in [0.717, 1.165) is 26.1 Å². The maximum Gasteiger partial charge on any atom is 0.176 e. The fourth-order valence-corrected chi connectivity index (χ4v) is 2.08. The van der Waals surface area contributed by atoms with Gasteiger partial charge in [0.05, 0.1) is 6.33 Å². The van der Waals surface area contributed by atoms with Crippen LogP contribution in [0, 0.1) is 28.6 Å². The van der Waals surface area contributed by atoms with E-state index in [2.05, 4.69) is 10.3 Å². The summed E-state index contributed by atoms with van der Waals surface area (Å²) in [6, 6.07) is 3.98. The van der Waals surface area contributed by atoms with E-state index in [0.29, 0.717) is 11.6 Å². The van der Waals surface area contributed by atoms with Crippen LogP contribution in [-0.2, 0) is 6.54 Å². The third-order valence-corrected chi connectivity index (χ3v) is 2.90. The molecule has 2 rings (SSSR count). The van der Waals surface area contributed by atoms with Crippen molar-refractivity contribution in [2.24, 2.45) is 5.92 Å². The molecule has 1 aromatic heterocycles. The molecule has 5 nitrogen and oxygen atoms in total. The molecule has 1 fully saturated rings. The summed E-state index contributed by atoms with van der Waals surface area (Å²) in [5, 5.41) is 21.1. The molecule has 0 spiro atoms. The standard InChI is InChI=1S/C11H13N5/c12-4-10-11(5-13)16(8-15-10)7-9-2-1-3-14-6-9/h8-9,14H,1-3,6-7H2. The van der Waals surface area contributed by atoms with E-state index in [1.54, 1.807) is 10.9 Å². The van der Waals surface area contributed by atoms with Crippen LogP contribution in [-0.4, -0.2) is 22.6 Å². The van der Waals surface area contributed by atoms with Crippen molar-refractivity contribution in [1.29, 1.82) is 10.5 Å². The first-order valence-electron chi connectivity index (χ1n) is 5.41. The van der Waals surface area contributed by atoms with Crippen molar-refractivity contribution in [3.63, 3.8) is 0 Å². The quantitative estimate of drug-likeness (QED) is 0.784. The SMILES string of the molecule is N#Cc1ncn(CC2CCCNC2)c1C#N. The van der Waals surface area contributed by atoms with Gasteiger partial charge < -0.3 is 9.88 Å². The molecule has 82 valence electrons. The summed E-state index contributed by atoms with van der Waals surface area (Å²) in [6.45, 7) is 2.82. The van der Waals surface area contributed by atoms with Gasteiger partial charge >= 0.3 is 0 Å². The number of rotatable bonds is 2. The normalized spacial score (nSPS) is 20.0. The fraction of sp³-hybridized carbons (Fsp3) is 0.545. The minimum Gasteiger partial charge on any atom is -0.321 e. The van der Waals surface area contributed by atoms with Gasteiger partial charge in [0.15, 0.2) is 11.4 Å². The molecule has 0 aromatic carbocycles. The largest absolute Gasteiger partial charge is 0.321 e. The number of nitrogens with one attached hydrogen (secondary N) is 1. The molecule has 0 saturated carbocycles. The van der Waals surface area contributed by atoms with Crippen LogP contribution in [0.1, 0.15) is 24.2 Å². The van der Waals surface area contributed by atoms with Crippen molar-refractivity contribution in [2.45, 2.75) is 19.4 Å². The van der Waals surface area contributed by atoms with Gasteiger partial charge in [0, 0.05) is 6.54 Å². The third kappa shape index (κ3) is 2.05. The zero-order valence-electron chi connectivity index (χ0n) is 8.98. The monoisotopic (exact) mass is 215 g/mol. The Morgan fingerprint density at radius 3 is 3.00 bits per heavy atom. The average molecular weight is 215 g/mol. The van der Waals surface area contributed by atoms with Crippen molar-refractivity contribution in [3.05, 3.63) is 17.7 Å². The van der Waals surface area contributed by atoms with Crippen LogP contribution in [0.2, 0.25) is 0 Å². The lowest BCUT2D eigenvalue weighted by molar-refractivity contribution is 0.336. The van der Waals surface area contributed by atoms with Crippen LogP contribution in [0.4, 0.5) is 0 Å². The first-order valence-corrected chi connectivity index (χ1v) is 5.41. The van der Waals surface area contributed by atoms with Crippen LogP contribution in [0.25, 0.3) is 0 Å². The Bertz CT molecular complexity index is 442. The highest BCUT2D eigenvalue weighted by Gasteiger charge is 2.17. The molecular weight excluding hydrogens is 202 g/mol. The molecule has 1 aliphatic rings. The molecule has 0 bridgehead atoms. The number of nitriles is 2. The van der Waals surface area contributed by atoms with E-state index >= 15 is 0 Å². The van der Waals surface area contributed by atoms with Gasteiger partial charge in [-0.05, 0) is 31.8 Å². The molecular formula is C11H13N5. The maximum absolute atomic E-state index is 8.97. The van der Waals surface area contributed by atoms with Crippen LogP contribution >= 0.6 is 0 Å². The predicted molar refractivity (Wildman–Crippen MR) is 57.3 cm³/mol. The molecule has 1 saturated heterocycles. The van der Waals surface area contributed by atoms with Crippen molar-refractivity contribution in [2.75, 3.05) is 13.1 Å². The predicted octanol–water partition coefficient (Wildman–Crippen LogP) is 0.626. The van der Waals surface area contributed by atoms with E-state index in [4.69, 9.17) is 10.5 Å². The molecule has 2 heterocycles. The highest BCUT2D eigenvalue weighted by Crippen LogP contribution is 2.15. The summed E-state index contributed by atoms with van der Waals surface area (Å²) >= 11 is 0. The van der Waals surface area contributed by atoms with Gasteiger partial charge in [-0.1, -0.05) is 0 Å². The molecule has 1 aromatic rings. The van der Waals surface area contributed by atoms with Gasteiger partial charge in [0.2, 0.25) is 0 Å². The Hall–Kier alpha value is -1.85. The summed E-state index contributed by atoms with van der Waals surface area (Å²) < 4.78 is 1.79. The summed E-state index contributed by atoms with van der Waals surface area (Å²) in [5.41, 5.74) is 0.611. The lowest BCUT2D eigenvalue weighted by Crippen LogP contribution is -2.32. The molecule has 0 amide bonds. The summed E-state index contributed by atoms with van der Waals surface area (Å²) in [6.07, 6.45) is 3.93. The summed E-state index contributed by atoms with van der Waals surface area (Å²) in [5.74, 6) is 0.529. The van der Waals surface area contributed by atoms with Crippen LogP contribution in [0.3, 0.4) is 0 Å². The van der Waals surface area contributed by atoms with Crippen LogP contribution in [0.5, 0.6) is 0 Å². The van der Waals surface area contributed by atoms with E-state index < -0.39 is 0 Å². The van der Waals surface area contributed by atoms with Crippen LogP contribution in [0.15, 0.2) is 6.33 Å². The first-order chi connectivity index (χ1) is 7.85. The van der Waals surface area contributed by atoms with Crippen molar-refractivity contribution < 1.29 is 0 Å². The zero-order valence-corrected chi connectivity index (χ0v) is 8.98. The smallest absolute Gasteiger partial charge is 0.176 e. The lowest BCUT2D eigenvalue weighted by atomic mass is 9.99. The second-order valence-electron chi connectivity index (χ2n) is 4.03. The molecule has 1 atom stereocenters. The van der Waals surface area contributed by atoms with Gasteiger partial charge in [-0.25, -0.2) is 4.98 Å². The van der Waals surface area contributed by atoms with Gasteiger partial charge in [-0.3, -0.25) is 0 Å². The number of imidazole rings is 1. The van der Waals surface area contributed by atoms with E-state index in [1.165, 1.54) is 6.42 Å². The van der Waals surface area contributed by atoms with Gasteiger partial charge in [0.25, 0.3) is 0 Å². The fourth-order valence-electron chi connectivity index (χ4n) is 2.08. The van der Waals surface area contributed by atoms with E-state index in [-0.39, 0.29) is 5.69 Å². The highest BCUT2D eigenvalue weighted by atomic mass is 15.1. The minimum absolute atomic E-state index is 0.228. The number of hydrogen-bond donors (Lipinski definition) is 1. The van der Waals surface area contributed by atoms with Gasteiger partial charge in [-0.2, -0.15) is 10.5 Å². The van der Waals surface area contributed by atoms with Crippen LogP contribution < -0.4 is 5.32 Å². The molecule has 0 aliphatic carbocycles. The Balaban J connectivity index is 2.12. The number of piperidine rings is 1. The maximum atomic E-state index is 8.97. The lowest BCUT2D eigenvalue weighted by Gasteiger charge is -2.23. The zero-order chi connectivity index (χ0) is 11.4. The topological polar surface area (TPSA) is 77.4 Å². The molecule has 16 heavy (non-hydrogen) atoms. The van der Waals surface area contributed by atoms with E-state index in [1.807, 2.05) is 12.1 Å². The van der Waals surface area contributed by atoms with Crippen molar-refractivity contribution >= 4 is 0 Å². The van der Waals surface area contributed by atoms with Crippen molar-refractivity contribution in [3.8, 4) is 12.1 Å². The van der Waals surface area contributed by atoms with E-state index in [9.17, 15) is 0 Å². The van der Waals surface area contributed by atoms with Crippen molar-refractivity contribution in [1.82, 2.24) is 14.9 Å². The Kier molecular flexibility index (Phi) is 3.19. The highest BCUT2D eigenvalue weighted by molar-refractivity contribution is 5.36. The Morgan fingerprint density at radius 1 is 1.50 bits per heavy atom. The first kappa shape index (κ1) is 10.7. The Morgan fingerprint density at radius 2 is 2.38 bits per heavy atom. The number of nitrogens with zero attached hydrogens (tertiary/aromatic N) is 4.